The molecule has 116 heavy (non-hydrogen) atoms. The third-order valence-electron chi connectivity index (χ3n) is 18.9. The Morgan fingerprint density at radius 2 is 0.534 bits per heavy atom. The molecule has 16 aromatic rings. The van der Waals surface area contributed by atoms with Crippen LogP contribution < -0.4 is 9.65 Å². The lowest BCUT2D eigenvalue weighted by Gasteiger charge is -2.32. The van der Waals surface area contributed by atoms with E-state index in [0.29, 0.717) is 68.2 Å². The molecule has 0 fully saturated rings. The molecule has 0 spiro atoms. The summed E-state index contributed by atoms with van der Waals surface area (Å²) in [6.07, 6.45) is -7.21. The van der Waals surface area contributed by atoms with E-state index in [1.54, 1.807) is 60.7 Å². The van der Waals surface area contributed by atoms with E-state index in [9.17, 15) is 53.2 Å². The Hall–Kier alpha value is -14.3. The van der Waals surface area contributed by atoms with E-state index < -0.39 is 46.3 Å². The Kier molecular flexibility index (Phi) is 22.4. The SMILES string of the molecule is N#Cc1ccccc1-c1ccc(-c2cccc3c(-c4ccc(-c5nc(-c6ccccc6)nc(-c6ccccc6)n5)cc4)cccc23)cc1.N#Cc1ccccc1-c1ccc(B(O)O)cc1.O=S(=O)(Oc1cccc2c(-c3ccc(-c4nc(-c5ccccc5)nc(-c5ccccc5)n4)cc3)cccc12)C(F)(F)C(F)(F)C(F)(F)C(F)(F)F. The summed E-state index contributed by atoms with van der Waals surface area (Å²) >= 11 is 0. The fourth-order valence-electron chi connectivity index (χ4n) is 12.9. The Morgan fingerprint density at radius 3 is 0.845 bits per heavy atom. The Balaban J connectivity index is 0.000000159. The summed E-state index contributed by atoms with van der Waals surface area (Å²) in [4.78, 5) is 28.5. The van der Waals surface area contributed by atoms with Gasteiger partial charge in [0.25, 0.3) is 0 Å². The minimum Gasteiger partial charge on any atom is -0.423 e. The van der Waals surface area contributed by atoms with E-state index in [4.69, 9.17) is 30.3 Å². The Labute approximate surface area is 659 Å². The number of halogens is 9. The third-order valence-corrected chi connectivity index (χ3v) is 20.1. The van der Waals surface area contributed by atoms with Crippen molar-refractivity contribution in [1.82, 2.24) is 29.9 Å². The first-order valence-electron chi connectivity index (χ1n) is 35.6. The molecule has 2 heterocycles. The summed E-state index contributed by atoms with van der Waals surface area (Å²) in [5.41, 5.74) is 15.7. The smallest absolute Gasteiger partial charge is 0.423 e. The van der Waals surface area contributed by atoms with Crippen LogP contribution >= 0.6 is 0 Å². The molecule has 0 atom stereocenters. The van der Waals surface area contributed by atoms with Crippen molar-refractivity contribution in [2.24, 2.45) is 0 Å². The van der Waals surface area contributed by atoms with Crippen LogP contribution in [0.5, 0.6) is 5.75 Å². The van der Waals surface area contributed by atoms with Gasteiger partial charge in [0, 0.05) is 38.8 Å². The molecule has 0 aliphatic heterocycles. The van der Waals surface area contributed by atoms with Crippen molar-refractivity contribution in [3.63, 3.8) is 0 Å². The van der Waals surface area contributed by atoms with E-state index in [1.165, 1.54) is 22.9 Å². The van der Waals surface area contributed by atoms with Gasteiger partial charge in [-0.2, -0.15) is 58.5 Å². The average molecular weight is 1570 g/mol. The van der Waals surface area contributed by atoms with Crippen LogP contribution in [0.2, 0.25) is 0 Å². The molecule has 16 rings (SSSR count). The highest BCUT2D eigenvalue weighted by Gasteiger charge is 2.86. The van der Waals surface area contributed by atoms with Gasteiger partial charge in [0.1, 0.15) is 0 Å². The number of fused-ring (bicyclic) bond motifs is 2. The summed E-state index contributed by atoms with van der Waals surface area (Å²) in [7, 11) is -8.61. The van der Waals surface area contributed by atoms with Gasteiger partial charge in [0.2, 0.25) is 0 Å². The highest BCUT2D eigenvalue weighted by atomic mass is 32.2. The van der Waals surface area contributed by atoms with Gasteiger partial charge in [-0.3, -0.25) is 0 Å². The first kappa shape index (κ1) is 78.4. The van der Waals surface area contributed by atoms with Crippen molar-refractivity contribution >= 4 is 44.2 Å². The number of alkyl halides is 9. The Morgan fingerprint density at radius 1 is 0.284 bits per heavy atom. The molecule has 0 aliphatic carbocycles. The van der Waals surface area contributed by atoms with Crippen LogP contribution in [-0.4, -0.2) is 78.8 Å². The van der Waals surface area contributed by atoms with E-state index in [2.05, 4.69) is 116 Å². The molecule has 14 aromatic carbocycles. The van der Waals surface area contributed by atoms with E-state index in [1.807, 2.05) is 164 Å². The predicted octanol–water partition coefficient (Wildman–Crippen LogP) is 21.6. The zero-order valence-electron chi connectivity index (χ0n) is 60.4. The van der Waals surface area contributed by atoms with Gasteiger partial charge in [-0.25, -0.2) is 29.9 Å². The van der Waals surface area contributed by atoms with E-state index >= 15 is 0 Å². The van der Waals surface area contributed by atoms with Crippen LogP contribution in [0.1, 0.15) is 11.1 Å². The quantitative estimate of drug-likeness (QED) is 0.0494. The number of hydrogen-bond acceptors (Lipinski definition) is 13. The molecular formula is C92H58BF9N8O5S. The van der Waals surface area contributed by atoms with Gasteiger partial charge in [0.15, 0.2) is 40.7 Å². The molecular weight excluding hydrogens is 1510 g/mol. The lowest BCUT2D eigenvalue weighted by molar-refractivity contribution is -0.382. The summed E-state index contributed by atoms with van der Waals surface area (Å²) < 4.78 is 150. The monoisotopic (exact) mass is 1570 g/mol. The molecule has 2 N–H and O–H groups in total. The molecule has 568 valence electrons. The van der Waals surface area contributed by atoms with Crippen LogP contribution in [-0.2, 0) is 10.1 Å². The van der Waals surface area contributed by atoms with Crippen LogP contribution in [0.25, 0.3) is 146 Å². The highest BCUT2D eigenvalue weighted by molar-refractivity contribution is 7.88. The lowest BCUT2D eigenvalue weighted by Crippen LogP contribution is -2.63. The van der Waals surface area contributed by atoms with Gasteiger partial charge in [-0.05, 0) is 95.5 Å². The van der Waals surface area contributed by atoms with Gasteiger partial charge >= 0.3 is 40.5 Å². The molecule has 24 heteroatoms. The van der Waals surface area contributed by atoms with E-state index in [-0.39, 0.29) is 10.8 Å². The van der Waals surface area contributed by atoms with Gasteiger partial charge in [-0.15, -0.1) is 0 Å². The first-order chi connectivity index (χ1) is 55.9. The molecule has 2 aromatic heterocycles. The number of aromatic nitrogens is 6. The van der Waals surface area contributed by atoms with Gasteiger partial charge in [0.05, 0.1) is 23.3 Å². The summed E-state index contributed by atoms with van der Waals surface area (Å²) in [5, 5.41) is 31.8. The molecule has 0 aliphatic rings. The largest absolute Gasteiger partial charge is 0.488 e. The second kappa shape index (κ2) is 33.2. The maximum atomic E-state index is 14.4. The first-order valence-corrected chi connectivity index (χ1v) is 37.0. The molecule has 13 nitrogen and oxygen atoms in total. The fourth-order valence-corrected chi connectivity index (χ4v) is 13.8. The van der Waals surface area contributed by atoms with Crippen LogP contribution in [0, 0.1) is 22.7 Å². The van der Waals surface area contributed by atoms with Crippen LogP contribution in [0.4, 0.5) is 39.5 Å². The molecule has 0 unspecified atom stereocenters. The number of nitriles is 2. The van der Waals surface area contributed by atoms with Crippen LogP contribution in [0.3, 0.4) is 0 Å². The molecule has 0 radical (unpaired) electrons. The fraction of sp³-hybridized carbons (Fsp3) is 0.0435. The second-order valence-corrected chi connectivity index (χ2v) is 27.8. The molecule has 0 saturated heterocycles. The second-order valence-electron chi connectivity index (χ2n) is 26.2. The van der Waals surface area contributed by atoms with Crippen molar-refractivity contribution in [1.29, 1.82) is 10.5 Å². The van der Waals surface area contributed by atoms with Crippen molar-refractivity contribution in [2.75, 3.05) is 0 Å². The standard InChI is InChI=1S/C44H28N4.C35H20F9N3O3S.C13H10BNO2/c45-29-36-15-7-8-16-37(36)30-21-23-31(24-22-30)38-17-9-20-41-39(18-10-19-40(38)41)32-25-27-35(28-26-32)44-47-42(33-11-3-1-4-12-33)46-43(48-44)34-13-5-2-6-14-34;36-32(37,34(40,41)42)33(38,39)35(43,44)51(48,49)50-28-16-8-14-26-25(13-7-15-27(26)28)21-17-19-24(20-18-21)31-46-29(22-9-3-1-4-10-22)45-30(47-31)23-11-5-2-6-12-23;15-9-11-3-1-2-4-13(11)10-5-7-12(8-6-10)14(16)17/h1-28H;1-20H;1-8,16-17H. The van der Waals surface area contributed by atoms with Gasteiger partial charge < -0.3 is 14.2 Å². The number of hydrogen-bond donors (Lipinski definition) is 2. The topological polar surface area (TPSA) is 209 Å². The van der Waals surface area contributed by atoms with Crippen molar-refractivity contribution in [3.8, 4) is 142 Å². The summed E-state index contributed by atoms with van der Waals surface area (Å²) in [6.45, 7) is 0. The average Bonchev–Trinajstić information content (AvgIpc) is 0.722. The van der Waals surface area contributed by atoms with Crippen molar-refractivity contribution in [3.05, 3.63) is 351 Å². The van der Waals surface area contributed by atoms with Crippen molar-refractivity contribution < 1.29 is 62.2 Å². The van der Waals surface area contributed by atoms with Gasteiger partial charge in [-0.1, -0.05) is 322 Å². The van der Waals surface area contributed by atoms with Crippen molar-refractivity contribution in [2.45, 2.75) is 23.3 Å². The lowest BCUT2D eigenvalue weighted by atomic mass is 9.79. The highest BCUT2D eigenvalue weighted by Crippen LogP contribution is 2.55. The minimum absolute atomic E-state index is 0.131. The summed E-state index contributed by atoms with van der Waals surface area (Å²) in [6, 6.07) is 108. The summed E-state index contributed by atoms with van der Waals surface area (Å²) in [5.74, 6) is -12.8. The number of benzene rings is 14. The molecule has 0 bridgehead atoms. The minimum atomic E-state index is -7.43. The predicted molar refractivity (Wildman–Crippen MR) is 431 cm³/mol. The zero-order chi connectivity index (χ0) is 81.4. The number of rotatable bonds is 17. The maximum absolute atomic E-state index is 14.4. The Bertz CT molecular complexity index is 6340. The number of nitrogens with zero attached hydrogens (tertiary/aromatic N) is 8. The third kappa shape index (κ3) is 16.2. The molecule has 0 saturated carbocycles. The normalized spacial score (nSPS) is 11.6. The molecule has 0 amide bonds. The van der Waals surface area contributed by atoms with E-state index in [0.717, 1.165) is 90.5 Å². The zero-order valence-corrected chi connectivity index (χ0v) is 61.2. The van der Waals surface area contributed by atoms with Crippen LogP contribution in [0.15, 0.2) is 340 Å². The maximum Gasteiger partial charge on any atom is 0.488 e.